The van der Waals surface area contributed by atoms with Crippen molar-refractivity contribution in [2.75, 3.05) is 26.2 Å². The Hall–Kier alpha value is -2.92. The number of carbonyl (C=O) groups excluding carboxylic acids is 2. The lowest BCUT2D eigenvalue weighted by molar-refractivity contribution is -0.146. The maximum absolute atomic E-state index is 15.2. The zero-order valence-electron chi connectivity index (χ0n) is 20.2. The predicted molar refractivity (Wildman–Crippen MR) is 130 cm³/mol. The molecule has 3 aliphatic rings. The fraction of sp³-hybridized carbons (Fsp3) is 0.480. The monoisotopic (exact) mass is 547 g/mol. The van der Waals surface area contributed by atoms with Gasteiger partial charge in [-0.3, -0.25) is 14.6 Å². The lowest BCUT2D eigenvalue weighted by Gasteiger charge is -2.50. The van der Waals surface area contributed by atoms with Crippen LogP contribution in [0.4, 0.5) is 8.78 Å². The van der Waals surface area contributed by atoms with Gasteiger partial charge in [0.2, 0.25) is 11.8 Å². The molecule has 2 saturated heterocycles. The molecular formula is C25H24ClF2N5O3S. The first-order valence-corrected chi connectivity index (χ1v) is 13.2. The number of alkyl halides is 2. The van der Waals surface area contributed by atoms with E-state index < -0.39 is 23.1 Å². The number of hydrogen-bond donors (Lipinski definition) is 0. The fourth-order valence-electron chi connectivity index (χ4n) is 5.53. The van der Waals surface area contributed by atoms with Gasteiger partial charge >= 0.3 is 5.92 Å². The molecule has 0 radical (unpaired) electrons. The summed E-state index contributed by atoms with van der Waals surface area (Å²) >= 11 is 7.08. The second kappa shape index (κ2) is 8.29. The van der Waals surface area contributed by atoms with E-state index in [0.29, 0.717) is 29.5 Å². The van der Waals surface area contributed by atoms with E-state index in [0.717, 1.165) is 6.42 Å². The Morgan fingerprint density at radius 3 is 2.43 bits per heavy atom. The maximum Gasteiger partial charge on any atom is 0.349 e. The van der Waals surface area contributed by atoms with Crippen LogP contribution in [-0.2, 0) is 10.7 Å². The summed E-state index contributed by atoms with van der Waals surface area (Å²) in [5.74, 6) is -4.87. The van der Waals surface area contributed by atoms with Crippen molar-refractivity contribution in [3.63, 3.8) is 0 Å². The summed E-state index contributed by atoms with van der Waals surface area (Å²) in [6.45, 7) is 5.53. The van der Waals surface area contributed by atoms with E-state index in [9.17, 15) is 9.59 Å². The minimum Gasteiger partial charge on any atom is -0.419 e. The van der Waals surface area contributed by atoms with Crippen LogP contribution in [-0.4, -0.2) is 63.0 Å². The Labute approximate surface area is 220 Å². The molecule has 3 aromatic rings. The van der Waals surface area contributed by atoms with Crippen LogP contribution in [0.5, 0.6) is 0 Å². The molecule has 0 N–H and O–H groups in total. The summed E-state index contributed by atoms with van der Waals surface area (Å²) in [4.78, 5) is 34.1. The van der Waals surface area contributed by atoms with Crippen molar-refractivity contribution in [1.82, 2.24) is 25.0 Å². The van der Waals surface area contributed by atoms with E-state index in [4.69, 9.17) is 16.0 Å². The third-order valence-corrected chi connectivity index (χ3v) is 8.94. The zero-order valence-corrected chi connectivity index (χ0v) is 21.7. The molecule has 3 fully saturated rings. The van der Waals surface area contributed by atoms with Gasteiger partial charge in [-0.05, 0) is 24.0 Å². The van der Waals surface area contributed by atoms with E-state index >= 15 is 8.78 Å². The molecule has 1 spiro atoms. The maximum atomic E-state index is 15.2. The van der Waals surface area contributed by atoms with E-state index in [1.54, 1.807) is 15.3 Å². The lowest BCUT2D eigenvalue weighted by Crippen LogP contribution is -2.62. The van der Waals surface area contributed by atoms with E-state index in [-0.39, 0.29) is 41.1 Å². The molecule has 12 heteroatoms. The van der Waals surface area contributed by atoms with Crippen LogP contribution in [0.1, 0.15) is 53.2 Å². The first kappa shape index (κ1) is 24.4. The number of nitrogens with zero attached hydrogens (tertiary/aromatic N) is 5. The SMILES string of the molecule is CC1(C)C[C@@H]1C(=O)N1CC2(CN(C(=O)c3cncs3)CC2c2nnc(C(F)(F)c3ccc(Cl)cc3)o2)C1. The van der Waals surface area contributed by atoms with Gasteiger partial charge in [-0.2, -0.15) is 8.78 Å². The topological polar surface area (TPSA) is 92.4 Å². The second-order valence-corrected chi connectivity index (χ2v) is 12.3. The molecule has 194 valence electrons. The molecule has 8 nitrogen and oxygen atoms in total. The quantitative estimate of drug-likeness (QED) is 0.469. The molecule has 2 atom stereocenters. The number of likely N-dealkylation sites (tertiary alicyclic amines) is 2. The number of rotatable bonds is 5. The largest absolute Gasteiger partial charge is 0.419 e. The van der Waals surface area contributed by atoms with Gasteiger partial charge in [-0.1, -0.05) is 37.6 Å². The summed E-state index contributed by atoms with van der Waals surface area (Å²) in [6, 6.07) is 5.18. The molecule has 1 aromatic carbocycles. The third-order valence-electron chi connectivity index (χ3n) is 7.93. The Kier molecular flexibility index (Phi) is 5.47. The van der Waals surface area contributed by atoms with Gasteiger partial charge in [0.25, 0.3) is 11.8 Å². The number of hydrogen-bond acceptors (Lipinski definition) is 7. The van der Waals surface area contributed by atoms with Crippen molar-refractivity contribution < 1.29 is 22.8 Å². The van der Waals surface area contributed by atoms with Gasteiger partial charge < -0.3 is 14.2 Å². The highest BCUT2D eigenvalue weighted by atomic mass is 35.5. The van der Waals surface area contributed by atoms with Crippen molar-refractivity contribution in [3.05, 3.63) is 63.2 Å². The van der Waals surface area contributed by atoms with Crippen LogP contribution in [0.2, 0.25) is 5.02 Å². The van der Waals surface area contributed by atoms with Crippen molar-refractivity contribution in [2.45, 2.75) is 32.1 Å². The fourth-order valence-corrected chi connectivity index (χ4v) is 6.24. The van der Waals surface area contributed by atoms with Crippen LogP contribution >= 0.6 is 22.9 Å². The standard InChI is InChI=1S/C25H24ClF2N5O3S/c1-23(2)7-16(23)20(34)33-11-24(12-33)10-32(21(35)18-8-29-13-37-18)9-17(24)19-30-31-22(36-19)25(27,28)14-3-5-15(26)6-4-14/h3-6,8,13,16-17H,7,9-12H2,1-2H3/t16-,17?/m1/s1. The minimum absolute atomic E-state index is 0.00226. The summed E-state index contributed by atoms with van der Waals surface area (Å²) in [5.41, 5.74) is 0.718. The van der Waals surface area contributed by atoms with Gasteiger partial charge in [0.15, 0.2) is 0 Å². The Morgan fingerprint density at radius 1 is 1.14 bits per heavy atom. The summed E-state index contributed by atoms with van der Waals surface area (Å²) < 4.78 is 35.9. The molecule has 2 amide bonds. The Bertz CT molecular complexity index is 1350. The molecule has 6 rings (SSSR count). The third kappa shape index (κ3) is 4.03. The molecule has 2 aliphatic heterocycles. The molecule has 1 unspecified atom stereocenters. The number of amides is 2. The van der Waals surface area contributed by atoms with Crippen molar-refractivity contribution >= 4 is 34.8 Å². The second-order valence-electron chi connectivity index (χ2n) is 10.9. The van der Waals surface area contributed by atoms with Gasteiger partial charge in [0.05, 0.1) is 17.6 Å². The molecule has 2 aromatic heterocycles. The van der Waals surface area contributed by atoms with E-state index in [1.807, 2.05) is 0 Å². The normalized spacial score (nSPS) is 23.8. The van der Waals surface area contributed by atoms with E-state index in [2.05, 4.69) is 29.0 Å². The first-order chi connectivity index (χ1) is 17.5. The van der Waals surface area contributed by atoms with Gasteiger partial charge in [-0.25, -0.2) is 0 Å². The summed E-state index contributed by atoms with van der Waals surface area (Å²) in [5, 5.41) is 8.04. The minimum atomic E-state index is -3.51. The molecule has 4 heterocycles. The zero-order chi connectivity index (χ0) is 26.2. The van der Waals surface area contributed by atoms with Crippen molar-refractivity contribution in [3.8, 4) is 0 Å². The highest BCUT2D eigenvalue weighted by molar-refractivity contribution is 7.11. The number of benzene rings is 1. The molecule has 37 heavy (non-hydrogen) atoms. The Balaban J connectivity index is 1.27. The van der Waals surface area contributed by atoms with Crippen molar-refractivity contribution in [1.29, 1.82) is 0 Å². The molecular weight excluding hydrogens is 524 g/mol. The van der Waals surface area contributed by atoms with Gasteiger partial charge in [0, 0.05) is 48.1 Å². The predicted octanol–water partition coefficient (Wildman–Crippen LogP) is 4.43. The highest BCUT2D eigenvalue weighted by Gasteiger charge is 2.62. The number of halogens is 3. The van der Waals surface area contributed by atoms with Crippen LogP contribution in [0, 0.1) is 16.7 Å². The molecule has 0 bridgehead atoms. The smallest absolute Gasteiger partial charge is 0.349 e. The first-order valence-electron chi connectivity index (χ1n) is 11.9. The average molecular weight is 548 g/mol. The van der Waals surface area contributed by atoms with Crippen molar-refractivity contribution in [2.24, 2.45) is 16.7 Å². The van der Waals surface area contributed by atoms with Crippen LogP contribution in [0.15, 0.2) is 40.4 Å². The van der Waals surface area contributed by atoms with Gasteiger partial charge in [0.1, 0.15) is 4.88 Å². The van der Waals surface area contributed by atoms with E-state index in [1.165, 1.54) is 41.8 Å². The average Bonchev–Trinajstić information content (AvgIpc) is 3.37. The Morgan fingerprint density at radius 2 is 1.81 bits per heavy atom. The summed E-state index contributed by atoms with van der Waals surface area (Å²) in [6.07, 6.45) is 2.36. The lowest BCUT2D eigenvalue weighted by atomic mass is 9.71. The number of carbonyl (C=O) groups is 2. The van der Waals surface area contributed by atoms with Gasteiger partial charge in [-0.15, -0.1) is 21.5 Å². The molecule has 1 saturated carbocycles. The number of aromatic nitrogens is 3. The summed E-state index contributed by atoms with van der Waals surface area (Å²) in [7, 11) is 0. The van der Waals surface area contributed by atoms with Crippen LogP contribution < -0.4 is 0 Å². The number of thiazole rings is 1. The van der Waals surface area contributed by atoms with Crippen LogP contribution in [0.25, 0.3) is 0 Å². The molecule has 1 aliphatic carbocycles. The van der Waals surface area contributed by atoms with Crippen LogP contribution in [0.3, 0.4) is 0 Å². The highest BCUT2D eigenvalue weighted by Crippen LogP contribution is 2.56.